The van der Waals surface area contributed by atoms with Gasteiger partial charge in [0.25, 0.3) is 5.92 Å². The second-order valence-corrected chi connectivity index (χ2v) is 5.32. The highest BCUT2D eigenvalue weighted by Crippen LogP contribution is 2.27. The third kappa shape index (κ3) is 2.76. The molecular weight excluding hydrogens is 236 g/mol. The quantitative estimate of drug-likeness (QED) is 0.819. The SMILES string of the molecule is CC(F)(F)c1ccc(S(=O)(=O)CC#N)cc1. The first kappa shape index (κ1) is 12.6. The summed E-state index contributed by atoms with van der Waals surface area (Å²) in [4.78, 5) is -0.123. The predicted molar refractivity (Wildman–Crippen MR) is 53.7 cm³/mol. The molecule has 0 spiro atoms. The van der Waals surface area contributed by atoms with Crippen molar-refractivity contribution in [2.45, 2.75) is 17.7 Å². The summed E-state index contributed by atoms with van der Waals surface area (Å²) >= 11 is 0. The zero-order chi connectivity index (χ0) is 12.4. The zero-order valence-electron chi connectivity index (χ0n) is 8.44. The van der Waals surface area contributed by atoms with Gasteiger partial charge in [-0.15, -0.1) is 0 Å². The van der Waals surface area contributed by atoms with Gasteiger partial charge < -0.3 is 0 Å². The molecule has 0 fully saturated rings. The highest BCUT2D eigenvalue weighted by Gasteiger charge is 2.24. The Hall–Kier alpha value is -1.48. The average Bonchev–Trinajstić information content (AvgIpc) is 2.16. The van der Waals surface area contributed by atoms with Crippen molar-refractivity contribution >= 4 is 9.84 Å². The largest absolute Gasteiger partial charge is 0.270 e. The molecule has 3 nitrogen and oxygen atoms in total. The summed E-state index contributed by atoms with van der Waals surface area (Å²) in [5.74, 6) is -3.66. The lowest BCUT2D eigenvalue weighted by Crippen LogP contribution is -2.09. The van der Waals surface area contributed by atoms with Gasteiger partial charge in [0.1, 0.15) is 5.75 Å². The number of benzene rings is 1. The fourth-order valence-electron chi connectivity index (χ4n) is 1.12. The van der Waals surface area contributed by atoms with Crippen LogP contribution in [-0.4, -0.2) is 14.2 Å². The molecule has 0 aromatic heterocycles. The summed E-state index contributed by atoms with van der Waals surface area (Å²) in [5.41, 5.74) is -0.261. The first-order valence-corrected chi connectivity index (χ1v) is 6.00. The Labute approximate surface area is 92.2 Å². The molecule has 0 unspecified atom stereocenters. The fraction of sp³-hybridized carbons (Fsp3) is 0.300. The highest BCUT2D eigenvalue weighted by atomic mass is 32.2. The van der Waals surface area contributed by atoms with Crippen LogP contribution in [0.4, 0.5) is 8.78 Å². The number of alkyl halides is 2. The van der Waals surface area contributed by atoms with Gasteiger partial charge in [-0.05, 0) is 12.1 Å². The Bertz CT molecular complexity index is 509. The molecule has 0 saturated heterocycles. The molecular formula is C10H9F2NO2S. The maximum atomic E-state index is 12.8. The summed E-state index contributed by atoms with van der Waals surface area (Å²) in [6.45, 7) is 0.728. The van der Waals surface area contributed by atoms with Crippen LogP contribution in [0.2, 0.25) is 0 Å². The van der Waals surface area contributed by atoms with Gasteiger partial charge in [0.2, 0.25) is 0 Å². The predicted octanol–water partition coefficient (Wildman–Crippen LogP) is 2.10. The van der Waals surface area contributed by atoms with E-state index in [0.29, 0.717) is 0 Å². The fourth-order valence-corrected chi connectivity index (χ4v) is 2.01. The Morgan fingerprint density at radius 2 is 1.81 bits per heavy atom. The molecule has 1 rings (SSSR count). The maximum Gasteiger partial charge on any atom is 0.270 e. The van der Waals surface area contributed by atoms with Gasteiger partial charge in [-0.25, -0.2) is 17.2 Å². The molecule has 0 saturated carbocycles. The number of hydrogen-bond acceptors (Lipinski definition) is 3. The summed E-state index contributed by atoms with van der Waals surface area (Å²) in [7, 11) is -3.68. The molecule has 1 aromatic rings. The van der Waals surface area contributed by atoms with Crippen molar-refractivity contribution in [3.8, 4) is 6.07 Å². The molecule has 0 atom stereocenters. The van der Waals surface area contributed by atoms with Gasteiger partial charge in [-0.2, -0.15) is 5.26 Å². The van der Waals surface area contributed by atoms with E-state index in [-0.39, 0.29) is 10.5 Å². The number of nitriles is 1. The van der Waals surface area contributed by atoms with Crippen LogP contribution in [0.15, 0.2) is 29.2 Å². The summed E-state index contributed by atoms with van der Waals surface area (Å²) in [6, 6.07) is 5.77. The van der Waals surface area contributed by atoms with Crippen molar-refractivity contribution in [3.05, 3.63) is 29.8 Å². The van der Waals surface area contributed by atoms with E-state index in [0.717, 1.165) is 31.2 Å². The Morgan fingerprint density at radius 3 is 2.19 bits per heavy atom. The minimum absolute atomic E-state index is 0.123. The first-order chi connectivity index (χ1) is 7.27. The molecule has 86 valence electrons. The van der Waals surface area contributed by atoms with Gasteiger partial charge in [-0.3, -0.25) is 0 Å². The maximum absolute atomic E-state index is 12.8. The van der Waals surface area contributed by atoms with Crippen LogP contribution in [0.3, 0.4) is 0 Å². The van der Waals surface area contributed by atoms with E-state index in [1.165, 1.54) is 6.07 Å². The molecule has 1 aromatic carbocycles. The molecule has 16 heavy (non-hydrogen) atoms. The van der Waals surface area contributed by atoms with Gasteiger partial charge in [-0.1, -0.05) is 12.1 Å². The number of rotatable bonds is 3. The first-order valence-electron chi connectivity index (χ1n) is 4.35. The molecule has 0 aliphatic rings. The van der Waals surface area contributed by atoms with Crippen LogP contribution in [0, 0.1) is 11.3 Å². The third-order valence-corrected chi connectivity index (χ3v) is 3.47. The molecule has 0 amide bonds. The van der Waals surface area contributed by atoms with Crippen molar-refractivity contribution in [2.24, 2.45) is 0 Å². The minimum Gasteiger partial charge on any atom is -0.223 e. The van der Waals surface area contributed by atoms with Crippen LogP contribution >= 0.6 is 0 Å². The smallest absolute Gasteiger partial charge is 0.223 e. The van der Waals surface area contributed by atoms with Gasteiger partial charge in [0, 0.05) is 12.5 Å². The second-order valence-electron chi connectivity index (χ2n) is 3.33. The summed E-state index contributed by atoms with van der Waals surface area (Å²) in [5, 5.41) is 8.30. The average molecular weight is 245 g/mol. The molecule has 0 aliphatic heterocycles. The minimum atomic E-state index is -3.68. The topological polar surface area (TPSA) is 57.9 Å². The molecule has 6 heteroatoms. The van der Waals surface area contributed by atoms with E-state index in [2.05, 4.69) is 0 Å². The van der Waals surface area contributed by atoms with Crippen molar-refractivity contribution in [3.63, 3.8) is 0 Å². The Morgan fingerprint density at radius 1 is 1.31 bits per heavy atom. The van der Waals surface area contributed by atoms with Gasteiger partial charge in [0.15, 0.2) is 9.84 Å². The lowest BCUT2D eigenvalue weighted by atomic mass is 10.1. The summed E-state index contributed by atoms with van der Waals surface area (Å²) < 4.78 is 48.4. The molecule has 0 bridgehead atoms. The van der Waals surface area contributed by atoms with Crippen LogP contribution in [0.5, 0.6) is 0 Å². The van der Waals surface area contributed by atoms with Crippen molar-refractivity contribution in [1.82, 2.24) is 0 Å². The number of halogens is 2. The van der Waals surface area contributed by atoms with Crippen molar-refractivity contribution in [2.75, 3.05) is 5.75 Å². The second kappa shape index (κ2) is 4.18. The molecule has 0 aliphatic carbocycles. The monoisotopic (exact) mass is 245 g/mol. The van der Waals surface area contributed by atoms with E-state index in [1.807, 2.05) is 0 Å². The summed E-state index contributed by atoms with van der Waals surface area (Å²) in [6.07, 6.45) is 0. The highest BCUT2D eigenvalue weighted by molar-refractivity contribution is 7.91. The van der Waals surface area contributed by atoms with E-state index in [9.17, 15) is 17.2 Å². The van der Waals surface area contributed by atoms with E-state index < -0.39 is 21.5 Å². The van der Waals surface area contributed by atoms with E-state index in [1.54, 1.807) is 0 Å². The Balaban J connectivity index is 3.11. The number of sulfone groups is 1. The standard InChI is InChI=1S/C10H9F2NO2S/c1-10(11,12)8-2-4-9(5-3-8)16(14,15)7-6-13/h2-5H,7H2,1H3. The molecule has 0 radical (unpaired) electrons. The van der Waals surface area contributed by atoms with E-state index >= 15 is 0 Å². The molecule has 0 heterocycles. The van der Waals surface area contributed by atoms with Crippen molar-refractivity contribution < 1.29 is 17.2 Å². The zero-order valence-corrected chi connectivity index (χ0v) is 9.26. The van der Waals surface area contributed by atoms with Crippen LogP contribution in [0.1, 0.15) is 12.5 Å². The van der Waals surface area contributed by atoms with E-state index in [4.69, 9.17) is 5.26 Å². The van der Waals surface area contributed by atoms with Gasteiger partial charge >= 0.3 is 0 Å². The molecule has 0 N–H and O–H groups in total. The van der Waals surface area contributed by atoms with Crippen LogP contribution in [0.25, 0.3) is 0 Å². The van der Waals surface area contributed by atoms with Crippen LogP contribution < -0.4 is 0 Å². The lowest BCUT2D eigenvalue weighted by molar-refractivity contribution is 0.0174. The number of hydrogen-bond donors (Lipinski definition) is 0. The van der Waals surface area contributed by atoms with Gasteiger partial charge in [0.05, 0.1) is 11.0 Å². The third-order valence-electron chi connectivity index (χ3n) is 1.97. The van der Waals surface area contributed by atoms with Crippen molar-refractivity contribution in [1.29, 1.82) is 5.26 Å². The normalized spacial score (nSPS) is 12.1. The number of nitrogens with zero attached hydrogens (tertiary/aromatic N) is 1. The lowest BCUT2D eigenvalue weighted by Gasteiger charge is -2.10. The Kier molecular flexibility index (Phi) is 3.29. The van der Waals surface area contributed by atoms with Crippen LogP contribution in [-0.2, 0) is 15.8 Å².